The molecule has 0 heterocycles. The molecule has 0 aromatic carbocycles. The summed E-state index contributed by atoms with van der Waals surface area (Å²) in [6.07, 6.45) is -13.7. The van der Waals surface area contributed by atoms with Crippen molar-refractivity contribution in [1.82, 2.24) is 0 Å². The third kappa shape index (κ3) is 4.20. The zero-order chi connectivity index (χ0) is 9.99. The Hall–Kier alpha value is -0.750. The van der Waals surface area contributed by atoms with E-state index in [0.717, 1.165) is 0 Å². The molecule has 0 spiro atoms. The van der Waals surface area contributed by atoms with E-state index >= 15 is 0 Å². The Kier molecular flexibility index (Phi) is 3.11. The van der Waals surface area contributed by atoms with Crippen molar-refractivity contribution in [2.45, 2.75) is 18.8 Å². The van der Waals surface area contributed by atoms with Crippen molar-refractivity contribution in [1.29, 1.82) is 0 Å². The molecule has 0 nitrogen and oxygen atoms in total. The van der Waals surface area contributed by atoms with Crippen LogP contribution in [0.3, 0.4) is 0 Å². The van der Waals surface area contributed by atoms with Crippen LogP contribution in [-0.2, 0) is 0 Å². The Morgan fingerprint density at radius 3 is 1.50 bits per heavy atom. The zero-order valence-corrected chi connectivity index (χ0v) is 5.43. The molecule has 0 saturated heterocycles. The topological polar surface area (TPSA) is 0 Å². The lowest BCUT2D eigenvalue weighted by molar-refractivity contribution is -0.151. The first-order chi connectivity index (χ1) is 5.17. The van der Waals surface area contributed by atoms with Crippen molar-refractivity contribution in [3.63, 3.8) is 0 Å². The van der Waals surface area contributed by atoms with Crippen molar-refractivity contribution >= 4 is 0 Å². The largest absolute Gasteiger partial charge is 0.415 e. The van der Waals surface area contributed by atoms with Crippen LogP contribution in [0, 0.1) is 0 Å². The molecule has 0 aliphatic rings. The summed E-state index contributed by atoms with van der Waals surface area (Å²) in [5.41, 5.74) is -2.23. The van der Waals surface area contributed by atoms with E-state index in [2.05, 4.69) is 0 Å². The van der Waals surface area contributed by atoms with Gasteiger partial charge in [-0.3, -0.25) is 0 Å². The SMILES string of the molecule is F/C=C(/CC(F)(F)F)C(F)(F)F. The summed E-state index contributed by atoms with van der Waals surface area (Å²) in [6, 6.07) is 0. The molecule has 0 fully saturated rings. The number of alkyl halides is 6. The molecule has 72 valence electrons. The first-order valence-electron chi connectivity index (χ1n) is 2.60. The van der Waals surface area contributed by atoms with Gasteiger partial charge in [-0.2, -0.15) is 26.3 Å². The normalized spacial score (nSPS) is 15.1. The zero-order valence-electron chi connectivity index (χ0n) is 5.43. The third-order valence-corrected chi connectivity index (χ3v) is 0.887. The van der Waals surface area contributed by atoms with Gasteiger partial charge < -0.3 is 0 Å². The molecule has 0 N–H and O–H groups in total. The lowest BCUT2D eigenvalue weighted by Gasteiger charge is -2.11. The van der Waals surface area contributed by atoms with Gasteiger partial charge in [0.25, 0.3) is 0 Å². The number of hydrogen-bond acceptors (Lipinski definition) is 0. The van der Waals surface area contributed by atoms with Crippen LogP contribution >= 0.6 is 0 Å². The minimum Gasteiger partial charge on any atom is -0.215 e. The smallest absolute Gasteiger partial charge is 0.215 e. The second-order valence-electron chi connectivity index (χ2n) is 1.92. The van der Waals surface area contributed by atoms with Gasteiger partial charge in [-0.05, 0) is 0 Å². The minimum absolute atomic E-state index is 1.08. The number of allylic oxidation sites excluding steroid dienone is 1. The highest BCUT2D eigenvalue weighted by Gasteiger charge is 2.41. The van der Waals surface area contributed by atoms with Gasteiger partial charge >= 0.3 is 12.4 Å². The molecule has 0 rings (SSSR count). The quantitative estimate of drug-likeness (QED) is 0.564. The maximum Gasteiger partial charge on any atom is 0.415 e. The average molecular weight is 196 g/mol. The highest BCUT2D eigenvalue weighted by molar-refractivity contribution is 5.06. The molecule has 0 aromatic heterocycles. The predicted molar refractivity (Wildman–Crippen MR) is 25.9 cm³/mol. The fourth-order valence-electron chi connectivity index (χ4n) is 0.417. The summed E-state index contributed by atoms with van der Waals surface area (Å²) in [7, 11) is 0. The molecule has 0 saturated carbocycles. The van der Waals surface area contributed by atoms with E-state index < -0.39 is 30.7 Å². The van der Waals surface area contributed by atoms with E-state index in [9.17, 15) is 30.7 Å². The lowest BCUT2D eigenvalue weighted by atomic mass is 10.2. The maximum atomic E-state index is 11.4. The van der Waals surface area contributed by atoms with E-state index in [4.69, 9.17) is 0 Å². The second-order valence-corrected chi connectivity index (χ2v) is 1.92. The van der Waals surface area contributed by atoms with Gasteiger partial charge in [0.1, 0.15) is 0 Å². The highest BCUT2D eigenvalue weighted by Crippen LogP contribution is 2.34. The van der Waals surface area contributed by atoms with Crippen LogP contribution in [0.25, 0.3) is 0 Å². The van der Waals surface area contributed by atoms with Crippen molar-refractivity contribution < 1.29 is 30.7 Å². The Morgan fingerprint density at radius 2 is 1.42 bits per heavy atom. The van der Waals surface area contributed by atoms with E-state index in [-0.39, 0.29) is 0 Å². The lowest BCUT2D eigenvalue weighted by Crippen LogP contribution is -2.19. The van der Waals surface area contributed by atoms with Crippen molar-refractivity contribution in [3.05, 3.63) is 11.9 Å². The molecule has 0 aliphatic heterocycles. The van der Waals surface area contributed by atoms with Gasteiger partial charge in [-0.1, -0.05) is 0 Å². The fraction of sp³-hybridized carbons (Fsp3) is 0.600. The van der Waals surface area contributed by atoms with Gasteiger partial charge in [0.2, 0.25) is 0 Å². The first kappa shape index (κ1) is 11.2. The minimum atomic E-state index is -5.26. The van der Waals surface area contributed by atoms with Gasteiger partial charge in [0, 0.05) is 0 Å². The van der Waals surface area contributed by atoms with Crippen LogP contribution in [0.1, 0.15) is 6.42 Å². The van der Waals surface area contributed by atoms with Crippen molar-refractivity contribution in [2.75, 3.05) is 0 Å². The standard InChI is InChI=1S/C5H3F7/c6-2-3(5(10,11)12)1-4(7,8)9/h2H,1H2/b3-2-. The van der Waals surface area contributed by atoms with Gasteiger partial charge in [0.15, 0.2) is 0 Å². The monoisotopic (exact) mass is 196 g/mol. The molecule has 0 unspecified atom stereocenters. The molecule has 7 heteroatoms. The number of rotatable bonds is 1. The Labute approximate surface area is 62.7 Å². The van der Waals surface area contributed by atoms with E-state index in [1.54, 1.807) is 0 Å². The molecule has 0 atom stereocenters. The first-order valence-corrected chi connectivity index (χ1v) is 2.60. The van der Waals surface area contributed by atoms with E-state index in [0.29, 0.717) is 0 Å². The van der Waals surface area contributed by atoms with Crippen LogP contribution in [0.2, 0.25) is 0 Å². The summed E-state index contributed by atoms with van der Waals surface area (Å²) < 4.78 is 79.6. The van der Waals surface area contributed by atoms with Gasteiger partial charge in [-0.15, -0.1) is 0 Å². The van der Waals surface area contributed by atoms with Crippen LogP contribution in [0.15, 0.2) is 11.9 Å². The fourth-order valence-corrected chi connectivity index (χ4v) is 0.417. The molecule has 0 aromatic rings. The van der Waals surface area contributed by atoms with Crippen molar-refractivity contribution in [2.24, 2.45) is 0 Å². The Balaban J connectivity index is 4.43. The molecular formula is C5H3F7. The highest BCUT2D eigenvalue weighted by atomic mass is 19.4. The van der Waals surface area contributed by atoms with Crippen LogP contribution in [0.4, 0.5) is 30.7 Å². The molecule has 0 radical (unpaired) electrons. The summed E-state index contributed by atoms with van der Waals surface area (Å²) in [5.74, 6) is 0. The average Bonchev–Trinajstić information content (AvgIpc) is 1.78. The van der Waals surface area contributed by atoms with Gasteiger partial charge in [-0.25, -0.2) is 4.39 Å². The Morgan fingerprint density at radius 1 is 1.00 bits per heavy atom. The summed E-state index contributed by atoms with van der Waals surface area (Å²) in [5, 5.41) is 0. The van der Waals surface area contributed by atoms with Gasteiger partial charge in [0.05, 0.1) is 18.3 Å². The predicted octanol–water partition coefficient (Wildman–Crippen LogP) is 3.35. The number of hydrogen-bond donors (Lipinski definition) is 0. The molecule has 0 aliphatic carbocycles. The summed E-state index contributed by atoms with van der Waals surface area (Å²) >= 11 is 0. The van der Waals surface area contributed by atoms with Crippen molar-refractivity contribution in [3.8, 4) is 0 Å². The molecule has 12 heavy (non-hydrogen) atoms. The molecule has 0 amide bonds. The Bertz CT molecular complexity index is 171. The van der Waals surface area contributed by atoms with E-state index in [1.807, 2.05) is 0 Å². The number of halogens is 7. The maximum absolute atomic E-state index is 11.4. The molecule has 0 bridgehead atoms. The van der Waals surface area contributed by atoms with Crippen LogP contribution in [-0.4, -0.2) is 12.4 Å². The summed E-state index contributed by atoms with van der Waals surface area (Å²) in [6.45, 7) is 0. The third-order valence-electron chi connectivity index (χ3n) is 0.887. The molecular weight excluding hydrogens is 193 g/mol. The van der Waals surface area contributed by atoms with E-state index in [1.165, 1.54) is 0 Å². The van der Waals surface area contributed by atoms with Crippen LogP contribution < -0.4 is 0 Å². The summed E-state index contributed by atoms with van der Waals surface area (Å²) in [4.78, 5) is 0. The second kappa shape index (κ2) is 3.32. The van der Waals surface area contributed by atoms with Crippen LogP contribution in [0.5, 0.6) is 0 Å².